The molecule has 0 fully saturated rings. The van der Waals surface area contributed by atoms with Crippen LogP contribution in [0, 0.1) is 0 Å². The van der Waals surface area contributed by atoms with Gasteiger partial charge >= 0.3 is 12.0 Å². The predicted octanol–water partition coefficient (Wildman–Crippen LogP) is 1.83. The highest BCUT2D eigenvalue weighted by molar-refractivity contribution is 5.87. The molecule has 0 bridgehead atoms. The minimum atomic E-state index is -0.512. The fraction of sp³-hybridized carbons (Fsp3) is 0.389. The number of methoxy groups -OCH3 is 2. The van der Waals surface area contributed by atoms with E-state index in [1.54, 1.807) is 16.7 Å². The van der Waals surface area contributed by atoms with Crippen molar-refractivity contribution in [2.24, 2.45) is 0 Å². The molecule has 0 amide bonds. The van der Waals surface area contributed by atoms with Crippen LogP contribution in [0.2, 0.25) is 0 Å². The second kappa shape index (κ2) is 8.51. The van der Waals surface area contributed by atoms with Gasteiger partial charge in [0, 0.05) is 6.20 Å². The summed E-state index contributed by atoms with van der Waals surface area (Å²) in [7, 11) is 2.81. The predicted molar refractivity (Wildman–Crippen MR) is 101 cm³/mol. The molecule has 0 aliphatic carbocycles. The summed E-state index contributed by atoms with van der Waals surface area (Å²) >= 11 is 0. The molecule has 0 unspecified atom stereocenters. The van der Waals surface area contributed by atoms with Gasteiger partial charge in [0.15, 0.2) is 17.0 Å². The standard InChI is InChI=1S/C18H22N6O4/c1-4-5-8-28-17-22-14(19)13-15(23-17)24(18(21-13)27-3)10-11-6-7-20-12(9-11)16(25)26-2/h6-7,9H,4-5,8,10H2,1-3H3,(H2,19,22,23). The lowest BCUT2D eigenvalue weighted by atomic mass is 10.2. The number of nitrogens with zero attached hydrogens (tertiary/aromatic N) is 5. The first-order valence-corrected chi connectivity index (χ1v) is 8.81. The average Bonchev–Trinajstić information content (AvgIpc) is 3.06. The van der Waals surface area contributed by atoms with E-state index in [0.29, 0.717) is 30.3 Å². The molecule has 28 heavy (non-hydrogen) atoms. The van der Waals surface area contributed by atoms with Crippen molar-refractivity contribution in [1.82, 2.24) is 24.5 Å². The van der Waals surface area contributed by atoms with Gasteiger partial charge in [0.1, 0.15) is 5.69 Å². The van der Waals surface area contributed by atoms with Gasteiger partial charge in [0.25, 0.3) is 6.01 Å². The minimum Gasteiger partial charge on any atom is -0.468 e. The third-order valence-electron chi connectivity index (χ3n) is 4.04. The number of unbranched alkanes of at least 4 members (excludes halogenated alkanes) is 1. The molecule has 0 aromatic carbocycles. The molecule has 0 atom stereocenters. The minimum absolute atomic E-state index is 0.187. The number of fused-ring (bicyclic) bond motifs is 1. The summed E-state index contributed by atoms with van der Waals surface area (Å²) in [5, 5.41) is 0. The Morgan fingerprint density at radius 3 is 2.79 bits per heavy atom. The Hall–Kier alpha value is -3.43. The molecule has 2 N–H and O–H groups in total. The highest BCUT2D eigenvalue weighted by Crippen LogP contribution is 2.26. The molecule has 0 saturated carbocycles. The van der Waals surface area contributed by atoms with Crippen molar-refractivity contribution < 1.29 is 19.0 Å². The van der Waals surface area contributed by atoms with Crippen LogP contribution in [0.1, 0.15) is 35.8 Å². The van der Waals surface area contributed by atoms with Gasteiger partial charge in [-0.25, -0.2) is 9.78 Å². The Kier molecular flexibility index (Phi) is 5.87. The fourth-order valence-corrected chi connectivity index (χ4v) is 2.62. The molecule has 0 aliphatic heterocycles. The second-order valence-corrected chi connectivity index (χ2v) is 5.99. The van der Waals surface area contributed by atoms with Gasteiger partial charge < -0.3 is 19.9 Å². The lowest BCUT2D eigenvalue weighted by Gasteiger charge is -2.09. The number of carbonyl (C=O) groups is 1. The van der Waals surface area contributed by atoms with E-state index < -0.39 is 5.97 Å². The van der Waals surface area contributed by atoms with Crippen LogP contribution < -0.4 is 15.2 Å². The van der Waals surface area contributed by atoms with Crippen LogP contribution in [0.3, 0.4) is 0 Å². The Morgan fingerprint density at radius 1 is 1.25 bits per heavy atom. The van der Waals surface area contributed by atoms with Gasteiger partial charge in [-0.2, -0.15) is 15.0 Å². The van der Waals surface area contributed by atoms with Gasteiger partial charge in [0.2, 0.25) is 0 Å². The number of pyridine rings is 1. The number of nitrogen functional groups attached to an aromatic ring is 1. The lowest BCUT2D eigenvalue weighted by Crippen LogP contribution is -2.09. The maximum atomic E-state index is 11.7. The van der Waals surface area contributed by atoms with Gasteiger partial charge in [0.05, 0.1) is 27.4 Å². The normalized spacial score (nSPS) is 10.8. The molecule has 0 aliphatic rings. The van der Waals surface area contributed by atoms with Crippen LogP contribution in [0.5, 0.6) is 12.0 Å². The van der Waals surface area contributed by atoms with E-state index >= 15 is 0 Å². The smallest absolute Gasteiger partial charge is 0.356 e. The van der Waals surface area contributed by atoms with Crippen LogP contribution in [0.15, 0.2) is 18.3 Å². The molecule has 3 rings (SSSR count). The zero-order valence-electron chi connectivity index (χ0n) is 16.0. The highest BCUT2D eigenvalue weighted by Gasteiger charge is 2.19. The first-order valence-electron chi connectivity index (χ1n) is 8.81. The Bertz CT molecular complexity index is 988. The summed E-state index contributed by atoms with van der Waals surface area (Å²) in [5.74, 6) is -0.305. The molecule has 148 valence electrons. The highest BCUT2D eigenvalue weighted by atomic mass is 16.5. The molecule has 0 spiro atoms. The monoisotopic (exact) mass is 386 g/mol. The summed E-state index contributed by atoms with van der Waals surface area (Å²) in [4.78, 5) is 28.7. The van der Waals surface area contributed by atoms with Crippen LogP contribution in [-0.2, 0) is 11.3 Å². The van der Waals surface area contributed by atoms with Gasteiger partial charge in [-0.3, -0.25) is 4.57 Å². The van der Waals surface area contributed by atoms with Crippen molar-refractivity contribution in [1.29, 1.82) is 0 Å². The third kappa shape index (κ3) is 3.95. The van der Waals surface area contributed by atoms with E-state index in [2.05, 4.69) is 26.9 Å². The number of ether oxygens (including phenoxy) is 3. The number of nitrogens with two attached hydrogens (primary N) is 1. The van der Waals surface area contributed by atoms with Crippen molar-refractivity contribution in [2.45, 2.75) is 26.3 Å². The SMILES string of the molecule is CCCCOc1nc(N)c2nc(OC)n(Cc3ccnc(C(=O)OC)c3)c2n1. The molecule has 3 heterocycles. The summed E-state index contributed by atoms with van der Waals surface area (Å²) in [6, 6.07) is 3.92. The van der Waals surface area contributed by atoms with Crippen LogP contribution >= 0.6 is 0 Å². The van der Waals surface area contributed by atoms with E-state index in [1.165, 1.54) is 20.4 Å². The summed E-state index contributed by atoms with van der Waals surface area (Å²) < 4.78 is 17.4. The van der Waals surface area contributed by atoms with Gasteiger partial charge in [-0.05, 0) is 24.1 Å². The van der Waals surface area contributed by atoms with Crippen molar-refractivity contribution in [2.75, 3.05) is 26.6 Å². The maximum absolute atomic E-state index is 11.7. The molecular weight excluding hydrogens is 364 g/mol. The molecule has 0 radical (unpaired) electrons. The van der Waals surface area contributed by atoms with Gasteiger partial charge in [-0.1, -0.05) is 13.3 Å². The third-order valence-corrected chi connectivity index (χ3v) is 4.04. The Labute approximate surface area is 161 Å². The van der Waals surface area contributed by atoms with Gasteiger partial charge in [-0.15, -0.1) is 0 Å². The summed E-state index contributed by atoms with van der Waals surface area (Å²) in [6.45, 7) is 2.90. The first kappa shape index (κ1) is 19.3. The molecule has 10 nitrogen and oxygen atoms in total. The van der Waals surface area contributed by atoms with E-state index in [9.17, 15) is 4.79 Å². The van der Waals surface area contributed by atoms with Crippen molar-refractivity contribution in [3.8, 4) is 12.0 Å². The zero-order chi connectivity index (χ0) is 20.1. The zero-order valence-corrected chi connectivity index (χ0v) is 16.0. The summed E-state index contributed by atoms with van der Waals surface area (Å²) in [5.41, 5.74) is 7.94. The van der Waals surface area contributed by atoms with E-state index in [-0.39, 0.29) is 17.5 Å². The quantitative estimate of drug-likeness (QED) is 0.455. The maximum Gasteiger partial charge on any atom is 0.356 e. The molecule has 3 aromatic rings. The van der Waals surface area contributed by atoms with Crippen molar-refractivity contribution in [3.63, 3.8) is 0 Å². The molecule has 3 aromatic heterocycles. The number of hydrogen-bond acceptors (Lipinski definition) is 9. The summed E-state index contributed by atoms with van der Waals surface area (Å²) in [6.07, 6.45) is 3.42. The molecule has 0 saturated heterocycles. The van der Waals surface area contributed by atoms with E-state index in [4.69, 9.17) is 19.9 Å². The molecule has 10 heteroatoms. The topological polar surface area (TPSA) is 127 Å². The van der Waals surface area contributed by atoms with Crippen LogP contribution in [0.25, 0.3) is 11.2 Å². The van der Waals surface area contributed by atoms with E-state index in [0.717, 1.165) is 18.4 Å². The lowest BCUT2D eigenvalue weighted by molar-refractivity contribution is 0.0594. The number of rotatable bonds is 8. The Balaban J connectivity index is 2.00. The Morgan fingerprint density at radius 2 is 2.07 bits per heavy atom. The largest absolute Gasteiger partial charge is 0.468 e. The van der Waals surface area contributed by atoms with Crippen LogP contribution in [0.4, 0.5) is 5.82 Å². The van der Waals surface area contributed by atoms with E-state index in [1.807, 2.05) is 0 Å². The fourth-order valence-electron chi connectivity index (χ4n) is 2.62. The van der Waals surface area contributed by atoms with Crippen molar-refractivity contribution >= 4 is 23.0 Å². The number of anilines is 1. The molecular formula is C18H22N6O4. The number of hydrogen-bond donors (Lipinski definition) is 1. The number of carbonyl (C=O) groups excluding carboxylic acids is 1. The average molecular weight is 386 g/mol. The second-order valence-electron chi connectivity index (χ2n) is 5.99. The number of aromatic nitrogens is 5. The first-order chi connectivity index (χ1) is 13.6. The van der Waals surface area contributed by atoms with Crippen molar-refractivity contribution in [3.05, 3.63) is 29.6 Å². The number of imidazole rings is 1. The van der Waals surface area contributed by atoms with Crippen LogP contribution in [-0.4, -0.2) is 51.3 Å². The number of esters is 1.